The fourth-order valence-electron chi connectivity index (χ4n) is 3.27. The summed E-state index contributed by atoms with van der Waals surface area (Å²) in [6.07, 6.45) is 6.45. The van der Waals surface area contributed by atoms with Crippen LogP contribution in [0.2, 0.25) is 0 Å². The van der Waals surface area contributed by atoms with Gasteiger partial charge >= 0.3 is 0 Å². The summed E-state index contributed by atoms with van der Waals surface area (Å²) in [6, 6.07) is 30.7. The van der Waals surface area contributed by atoms with Crippen molar-refractivity contribution in [3.63, 3.8) is 0 Å². The lowest BCUT2D eigenvalue weighted by molar-refractivity contribution is -0.112. The van der Waals surface area contributed by atoms with E-state index in [0.717, 1.165) is 21.9 Å². The molecule has 0 bridgehead atoms. The monoisotopic (exact) mass is 418 g/mol. The maximum absolute atomic E-state index is 12.5. The number of nitrogens with one attached hydrogen (secondary N) is 2. The Labute approximate surface area is 186 Å². The number of amides is 2. The van der Waals surface area contributed by atoms with E-state index in [-0.39, 0.29) is 11.8 Å². The van der Waals surface area contributed by atoms with Crippen LogP contribution in [0.5, 0.6) is 0 Å². The van der Waals surface area contributed by atoms with Gasteiger partial charge in [-0.05, 0) is 46.2 Å². The van der Waals surface area contributed by atoms with Crippen LogP contribution in [0.15, 0.2) is 109 Å². The molecule has 0 fully saturated rings. The van der Waals surface area contributed by atoms with Crippen LogP contribution in [0.1, 0.15) is 11.1 Å². The van der Waals surface area contributed by atoms with Crippen molar-refractivity contribution in [2.75, 3.05) is 10.6 Å². The van der Waals surface area contributed by atoms with Gasteiger partial charge in [-0.3, -0.25) is 9.59 Å². The van der Waals surface area contributed by atoms with Crippen LogP contribution >= 0.6 is 0 Å². The first-order valence-corrected chi connectivity index (χ1v) is 10.3. The molecule has 0 aliphatic rings. The van der Waals surface area contributed by atoms with Crippen molar-refractivity contribution in [3.8, 4) is 0 Å². The Morgan fingerprint density at radius 1 is 0.531 bits per heavy atom. The van der Waals surface area contributed by atoms with E-state index in [1.165, 1.54) is 12.2 Å². The summed E-state index contributed by atoms with van der Waals surface area (Å²) in [5, 5.41) is 7.71. The van der Waals surface area contributed by atoms with Gasteiger partial charge in [0.15, 0.2) is 0 Å². The van der Waals surface area contributed by atoms with Crippen molar-refractivity contribution in [3.05, 3.63) is 120 Å². The Hall–Kier alpha value is -4.44. The molecule has 0 spiro atoms. The average molecular weight is 418 g/mol. The van der Waals surface area contributed by atoms with E-state index in [4.69, 9.17) is 0 Å². The van der Waals surface area contributed by atoms with E-state index in [1.54, 1.807) is 12.2 Å². The highest BCUT2D eigenvalue weighted by molar-refractivity contribution is 6.10. The minimum absolute atomic E-state index is 0.278. The zero-order chi connectivity index (χ0) is 22.2. The minimum Gasteiger partial charge on any atom is -0.321 e. The molecule has 2 amide bonds. The van der Waals surface area contributed by atoms with Crippen molar-refractivity contribution in [1.29, 1.82) is 0 Å². The Bertz CT molecular complexity index is 1190. The van der Waals surface area contributed by atoms with Crippen molar-refractivity contribution in [2.24, 2.45) is 0 Å². The summed E-state index contributed by atoms with van der Waals surface area (Å²) < 4.78 is 0. The maximum atomic E-state index is 12.5. The highest BCUT2D eigenvalue weighted by Gasteiger charge is 2.09. The number of carbonyl (C=O) groups excluding carboxylic acids is 2. The summed E-state index contributed by atoms with van der Waals surface area (Å²) >= 11 is 0. The first-order chi connectivity index (χ1) is 15.7. The lowest BCUT2D eigenvalue weighted by Gasteiger charge is -2.12. The van der Waals surface area contributed by atoms with E-state index in [2.05, 4.69) is 10.6 Å². The summed E-state index contributed by atoms with van der Waals surface area (Å²) in [5.74, 6) is -0.557. The van der Waals surface area contributed by atoms with Gasteiger partial charge in [0.05, 0.1) is 11.4 Å². The van der Waals surface area contributed by atoms with Crippen LogP contribution < -0.4 is 10.6 Å². The van der Waals surface area contributed by atoms with Gasteiger partial charge < -0.3 is 10.6 Å². The molecule has 4 heteroatoms. The summed E-state index contributed by atoms with van der Waals surface area (Å²) in [7, 11) is 0. The predicted molar refractivity (Wildman–Crippen MR) is 132 cm³/mol. The number of hydrogen-bond acceptors (Lipinski definition) is 2. The normalized spacial score (nSPS) is 11.1. The number of carbonyl (C=O) groups is 2. The van der Waals surface area contributed by atoms with Crippen LogP contribution in [0, 0.1) is 0 Å². The molecule has 2 N–H and O–H groups in total. The second-order valence-corrected chi connectivity index (χ2v) is 7.21. The molecular weight excluding hydrogens is 396 g/mol. The van der Waals surface area contributed by atoms with Crippen molar-refractivity contribution >= 4 is 46.1 Å². The summed E-state index contributed by atoms with van der Waals surface area (Å²) in [6.45, 7) is 0. The number of benzene rings is 4. The van der Waals surface area contributed by atoms with Crippen molar-refractivity contribution in [2.45, 2.75) is 0 Å². The topological polar surface area (TPSA) is 58.2 Å². The molecule has 0 heterocycles. The fraction of sp³-hybridized carbons (Fsp3) is 0. The molecule has 0 aromatic heterocycles. The summed E-state index contributed by atoms with van der Waals surface area (Å²) in [4.78, 5) is 25.1. The molecule has 0 radical (unpaired) electrons. The third kappa shape index (κ3) is 5.58. The largest absolute Gasteiger partial charge is 0.321 e. The number of hydrogen-bond donors (Lipinski definition) is 2. The standard InChI is InChI=1S/C28H22N2O2/c31-27(17-15-21-9-3-1-4-10-21)29-25-19-23-13-7-8-14-24(23)20-26(25)30-28(32)18-16-22-11-5-2-6-12-22/h1-20H,(H,29,31)(H,30,32)/b17-15+,18-16+. The highest BCUT2D eigenvalue weighted by Crippen LogP contribution is 2.28. The fourth-order valence-corrected chi connectivity index (χ4v) is 3.27. The molecule has 0 aliphatic carbocycles. The van der Waals surface area contributed by atoms with Crippen molar-refractivity contribution in [1.82, 2.24) is 0 Å². The van der Waals surface area contributed by atoms with Gasteiger partial charge in [-0.2, -0.15) is 0 Å². The van der Waals surface area contributed by atoms with Gasteiger partial charge in [-0.25, -0.2) is 0 Å². The van der Waals surface area contributed by atoms with Crippen molar-refractivity contribution < 1.29 is 9.59 Å². The van der Waals surface area contributed by atoms with Crippen LogP contribution in [-0.2, 0) is 9.59 Å². The lowest BCUT2D eigenvalue weighted by atomic mass is 10.1. The Balaban J connectivity index is 1.56. The molecule has 0 saturated heterocycles. The molecule has 0 unspecified atom stereocenters. The lowest BCUT2D eigenvalue weighted by Crippen LogP contribution is -2.13. The third-order valence-corrected chi connectivity index (χ3v) is 4.86. The number of fused-ring (bicyclic) bond motifs is 1. The van der Waals surface area contributed by atoms with Crippen LogP contribution in [0.4, 0.5) is 11.4 Å². The zero-order valence-corrected chi connectivity index (χ0v) is 17.4. The van der Waals surface area contributed by atoms with Gasteiger partial charge in [0.25, 0.3) is 0 Å². The first kappa shape index (κ1) is 20.8. The maximum Gasteiger partial charge on any atom is 0.248 e. The molecule has 4 rings (SSSR count). The van der Waals surface area contributed by atoms with Gasteiger partial charge in [-0.1, -0.05) is 84.9 Å². The smallest absolute Gasteiger partial charge is 0.248 e. The molecule has 0 saturated carbocycles. The molecule has 4 aromatic rings. The molecule has 156 valence electrons. The van der Waals surface area contributed by atoms with Gasteiger partial charge in [0.1, 0.15) is 0 Å². The van der Waals surface area contributed by atoms with E-state index in [1.807, 2.05) is 97.1 Å². The van der Waals surface area contributed by atoms with E-state index in [0.29, 0.717) is 11.4 Å². The molecule has 4 aromatic carbocycles. The van der Waals surface area contributed by atoms with Crippen LogP contribution in [-0.4, -0.2) is 11.8 Å². The minimum atomic E-state index is -0.278. The van der Waals surface area contributed by atoms with E-state index >= 15 is 0 Å². The molecule has 4 nitrogen and oxygen atoms in total. The van der Waals surface area contributed by atoms with Gasteiger partial charge in [0.2, 0.25) is 11.8 Å². The number of anilines is 2. The molecule has 32 heavy (non-hydrogen) atoms. The third-order valence-electron chi connectivity index (χ3n) is 4.86. The highest BCUT2D eigenvalue weighted by atomic mass is 16.2. The predicted octanol–water partition coefficient (Wildman–Crippen LogP) is 6.14. The second kappa shape index (κ2) is 10.0. The van der Waals surface area contributed by atoms with Gasteiger partial charge in [0, 0.05) is 12.2 Å². The quantitative estimate of drug-likeness (QED) is 0.369. The molecule has 0 aliphatic heterocycles. The van der Waals surface area contributed by atoms with E-state index < -0.39 is 0 Å². The van der Waals surface area contributed by atoms with E-state index in [9.17, 15) is 9.59 Å². The second-order valence-electron chi connectivity index (χ2n) is 7.21. The zero-order valence-electron chi connectivity index (χ0n) is 17.4. The van der Waals surface area contributed by atoms with Crippen LogP contribution in [0.25, 0.3) is 22.9 Å². The van der Waals surface area contributed by atoms with Crippen LogP contribution in [0.3, 0.4) is 0 Å². The first-order valence-electron chi connectivity index (χ1n) is 10.3. The summed E-state index contributed by atoms with van der Waals surface area (Å²) in [5.41, 5.74) is 2.93. The average Bonchev–Trinajstić information content (AvgIpc) is 2.83. The SMILES string of the molecule is O=C(/C=C/c1ccccc1)Nc1cc2ccccc2cc1NC(=O)/C=C/c1ccccc1. The Kier molecular flexibility index (Phi) is 6.54. The molecular formula is C28H22N2O2. The molecule has 0 atom stereocenters. The number of rotatable bonds is 6. The Morgan fingerprint density at radius 3 is 1.31 bits per heavy atom. The Morgan fingerprint density at radius 2 is 0.906 bits per heavy atom. The van der Waals surface area contributed by atoms with Gasteiger partial charge in [-0.15, -0.1) is 0 Å².